The molecule has 0 radical (unpaired) electrons. The van der Waals surface area contributed by atoms with E-state index in [2.05, 4.69) is 100 Å². The predicted octanol–water partition coefficient (Wildman–Crippen LogP) is 6.26. The van der Waals surface area contributed by atoms with E-state index in [4.69, 9.17) is 0 Å². The Morgan fingerprint density at radius 2 is 1.84 bits per heavy atom. The third kappa shape index (κ3) is 8.76. The van der Waals surface area contributed by atoms with Gasteiger partial charge in [0.1, 0.15) is 0 Å². The van der Waals surface area contributed by atoms with Gasteiger partial charge in [-0.1, -0.05) is 89.1 Å². The van der Waals surface area contributed by atoms with E-state index in [1.807, 2.05) is 0 Å². The van der Waals surface area contributed by atoms with Crippen molar-refractivity contribution in [2.24, 2.45) is 5.92 Å². The molecule has 2 aliphatic rings. The number of rotatable bonds is 7. The second kappa shape index (κ2) is 13.7. The fourth-order valence-electron chi connectivity index (χ4n) is 4.19. The number of aryl methyl sites for hydroxylation is 2. The summed E-state index contributed by atoms with van der Waals surface area (Å²) in [6.45, 7) is 6.57. The largest absolute Gasteiger partial charge is 0.313 e. The summed E-state index contributed by atoms with van der Waals surface area (Å²) in [6.07, 6.45) is 14.2. The molecule has 0 aromatic heterocycles. The Bertz CT molecular complexity index is 856. The quantitative estimate of drug-likeness (QED) is 0.456. The van der Waals surface area contributed by atoms with Crippen molar-refractivity contribution < 1.29 is 0 Å². The van der Waals surface area contributed by atoms with E-state index in [-0.39, 0.29) is 0 Å². The maximum absolute atomic E-state index is 3.58. The first-order valence-electron chi connectivity index (χ1n) is 11.8. The minimum atomic E-state index is 0.641. The van der Waals surface area contributed by atoms with Crippen LogP contribution in [0.15, 0.2) is 76.8 Å². The minimum Gasteiger partial charge on any atom is -0.313 e. The summed E-state index contributed by atoms with van der Waals surface area (Å²) in [5, 5.41) is 6.73. The van der Waals surface area contributed by atoms with E-state index in [1.165, 1.54) is 46.8 Å². The molecule has 2 N–H and O–H groups in total. The molecule has 1 atom stereocenters. The van der Waals surface area contributed by atoms with E-state index in [0.717, 1.165) is 39.0 Å². The third-order valence-electron chi connectivity index (χ3n) is 6.04. The Morgan fingerprint density at radius 1 is 0.968 bits per heavy atom. The Labute approximate surface area is 197 Å². The highest BCUT2D eigenvalue weighted by molar-refractivity contribution is 9.10. The van der Waals surface area contributed by atoms with Crippen LogP contribution in [0.2, 0.25) is 0 Å². The van der Waals surface area contributed by atoms with Gasteiger partial charge in [0, 0.05) is 24.1 Å². The van der Waals surface area contributed by atoms with Gasteiger partial charge in [-0.25, -0.2) is 0 Å². The summed E-state index contributed by atoms with van der Waals surface area (Å²) in [5.41, 5.74) is 6.00. The summed E-state index contributed by atoms with van der Waals surface area (Å²) < 4.78 is 1.22. The predicted molar refractivity (Wildman–Crippen MR) is 138 cm³/mol. The topological polar surface area (TPSA) is 24.1 Å². The molecular weight excluding hydrogens is 444 g/mol. The second-order valence-electron chi connectivity index (χ2n) is 8.49. The van der Waals surface area contributed by atoms with Gasteiger partial charge in [-0.2, -0.15) is 0 Å². The average Bonchev–Trinajstić information content (AvgIpc) is 2.83. The summed E-state index contributed by atoms with van der Waals surface area (Å²) in [4.78, 5) is 0. The van der Waals surface area contributed by atoms with Crippen LogP contribution >= 0.6 is 15.9 Å². The second-order valence-corrected chi connectivity index (χ2v) is 9.34. The third-order valence-corrected chi connectivity index (χ3v) is 6.81. The number of nitrogens with one attached hydrogen (secondary N) is 2. The van der Waals surface area contributed by atoms with Crippen LogP contribution in [0.3, 0.4) is 0 Å². The molecule has 3 heteroatoms. The van der Waals surface area contributed by atoms with Gasteiger partial charge in [0.05, 0.1) is 0 Å². The van der Waals surface area contributed by atoms with Crippen LogP contribution in [0.25, 0.3) is 0 Å². The lowest BCUT2D eigenvalue weighted by molar-refractivity contribution is 0.554. The van der Waals surface area contributed by atoms with Gasteiger partial charge >= 0.3 is 0 Å². The van der Waals surface area contributed by atoms with Gasteiger partial charge in [0.15, 0.2) is 0 Å². The average molecular weight is 482 g/mol. The van der Waals surface area contributed by atoms with Crippen molar-refractivity contribution in [2.75, 3.05) is 26.2 Å². The molecule has 4 rings (SSSR count). The molecule has 2 heterocycles. The zero-order valence-corrected chi connectivity index (χ0v) is 20.5. The van der Waals surface area contributed by atoms with Crippen molar-refractivity contribution in [1.82, 2.24) is 10.6 Å². The molecular formula is C28H37BrN2. The number of hydrogen-bond acceptors (Lipinski definition) is 2. The standard InChI is InChI=1S/C16H23N.C12H14BrN/c1-2-14-5-3-7-16(13-14)8-4-6-15-9-11-17-12-10-15;13-12-6-2-1-5-11(12)8-10-4-3-7-14-9-10/h3,5,7,9,13,17H,2,4,6,8,10-12H2,1H3;1-6,10,14H,7-9H2. The molecule has 0 aliphatic carbocycles. The maximum atomic E-state index is 3.58. The fourth-order valence-corrected chi connectivity index (χ4v) is 4.64. The van der Waals surface area contributed by atoms with Crippen LogP contribution in [-0.2, 0) is 19.3 Å². The van der Waals surface area contributed by atoms with E-state index in [0.29, 0.717) is 5.92 Å². The van der Waals surface area contributed by atoms with E-state index in [9.17, 15) is 0 Å². The summed E-state index contributed by atoms with van der Waals surface area (Å²) in [6, 6.07) is 17.5. The zero-order valence-electron chi connectivity index (χ0n) is 18.9. The molecule has 0 bridgehead atoms. The highest BCUT2D eigenvalue weighted by atomic mass is 79.9. The number of benzene rings is 2. The van der Waals surface area contributed by atoms with Gasteiger partial charge in [-0.05, 0) is 73.7 Å². The normalized spacial score (nSPS) is 18.1. The molecule has 2 aliphatic heterocycles. The van der Waals surface area contributed by atoms with Crippen molar-refractivity contribution in [3.63, 3.8) is 0 Å². The molecule has 0 spiro atoms. The lowest BCUT2D eigenvalue weighted by Crippen LogP contribution is -2.27. The van der Waals surface area contributed by atoms with Crippen molar-refractivity contribution >= 4 is 15.9 Å². The van der Waals surface area contributed by atoms with Crippen molar-refractivity contribution in [2.45, 2.75) is 45.4 Å². The summed E-state index contributed by atoms with van der Waals surface area (Å²) in [5.74, 6) is 0.641. The van der Waals surface area contributed by atoms with Crippen molar-refractivity contribution in [3.05, 3.63) is 93.5 Å². The summed E-state index contributed by atoms with van der Waals surface area (Å²) >= 11 is 3.58. The van der Waals surface area contributed by atoms with Crippen molar-refractivity contribution in [3.8, 4) is 0 Å². The van der Waals surface area contributed by atoms with Crippen LogP contribution in [0.5, 0.6) is 0 Å². The van der Waals surface area contributed by atoms with Crippen molar-refractivity contribution in [1.29, 1.82) is 0 Å². The first-order valence-corrected chi connectivity index (χ1v) is 12.6. The van der Waals surface area contributed by atoms with Gasteiger partial charge in [-0.15, -0.1) is 0 Å². The van der Waals surface area contributed by atoms with Crippen LogP contribution < -0.4 is 10.6 Å². The molecule has 166 valence electrons. The molecule has 2 aromatic carbocycles. The smallest absolute Gasteiger partial charge is 0.0207 e. The van der Waals surface area contributed by atoms with E-state index >= 15 is 0 Å². The van der Waals surface area contributed by atoms with Gasteiger partial charge in [0.25, 0.3) is 0 Å². The molecule has 0 amide bonds. The van der Waals surface area contributed by atoms with E-state index < -0.39 is 0 Å². The zero-order chi connectivity index (χ0) is 21.7. The van der Waals surface area contributed by atoms with Gasteiger partial charge in [-0.3, -0.25) is 0 Å². The van der Waals surface area contributed by atoms with Crippen LogP contribution in [0.1, 0.15) is 42.9 Å². The molecule has 0 saturated heterocycles. The first kappa shape index (κ1) is 24.0. The molecule has 0 saturated carbocycles. The van der Waals surface area contributed by atoms with Crippen LogP contribution in [0.4, 0.5) is 0 Å². The SMILES string of the molecule is Brc1ccccc1CC1C=CCNC1.CCc1cccc(CCCC2=CCNCC2)c1. The lowest BCUT2D eigenvalue weighted by Gasteiger charge is -2.17. The fraction of sp³-hybridized carbons (Fsp3) is 0.429. The Hall–Kier alpha value is -1.68. The van der Waals surface area contributed by atoms with Crippen LogP contribution in [-0.4, -0.2) is 26.2 Å². The number of hydrogen-bond donors (Lipinski definition) is 2. The molecule has 2 nitrogen and oxygen atoms in total. The van der Waals surface area contributed by atoms with Gasteiger partial charge < -0.3 is 10.6 Å². The first-order chi connectivity index (χ1) is 15.2. The highest BCUT2D eigenvalue weighted by Gasteiger charge is 2.10. The number of halogens is 1. The van der Waals surface area contributed by atoms with Gasteiger partial charge in [0.2, 0.25) is 0 Å². The highest BCUT2D eigenvalue weighted by Crippen LogP contribution is 2.20. The molecule has 31 heavy (non-hydrogen) atoms. The summed E-state index contributed by atoms with van der Waals surface area (Å²) in [7, 11) is 0. The molecule has 1 unspecified atom stereocenters. The molecule has 2 aromatic rings. The van der Waals surface area contributed by atoms with E-state index in [1.54, 1.807) is 5.57 Å². The molecule has 0 fully saturated rings. The maximum Gasteiger partial charge on any atom is 0.0207 e. The Balaban J connectivity index is 0.000000179. The monoisotopic (exact) mass is 480 g/mol. The Kier molecular flexibility index (Phi) is 10.6. The lowest BCUT2D eigenvalue weighted by atomic mass is 9.97. The Morgan fingerprint density at radius 3 is 2.58 bits per heavy atom. The van der Waals surface area contributed by atoms with Crippen LogP contribution in [0, 0.1) is 5.92 Å². The minimum absolute atomic E-state index is 0.641.